The van der Waals surface area contributed by atoms with E-state index in [2.05, 4.69) is 0 Å². The lowest BCUT2D eigenvalue weighted by atomic mass is 9.86. The minimum absolute atomic E-state index is 0.107. The number of aliphatic carboxylic acids is 1. The van der Waals surface area contributed by atoms with Gasteiger partial charge in [-0.15, -0.1) is 0 Å². The zero-order valence-electron chi connectivity index (χ0n) is 19.3. The van der Waals surface area contributed by atoms with Crippen molar-refractivity contribution in [1.82, 2.24) is 4.90 Å². The van der Waals surface area contributed by atoms with Crippen molar-refractivity contribution in [2.24, 2.45) is 11.8 Å². The van der Waals surface area contributed by atoms with E-state index < -0.39 is 29.4 Å². The molecule has 2 aromatic carbocycles. The molecule has 7 nitrogen and oxygen atoms in total. The Balaban J connectivity index is 1.55. The number of carbonyl (C=O) groups is 2. The van der Waals surface area contributed by atoms with Crippen molar-refractivity contribution in [1.29, 1.82) is 0 Å². The van der Waals surface area contributed by atoms with Crippen LogP contribution in [0.5, 0.6) is 5.75 Å². The summed E-state index contributed by atoms with van der Waals surface area (Å²) >= 11 is 6.20. The lowest BCUT2D eigenvalue weighted by Gasteiger charge is -2.35. The molecule has 2 heterocycles. The van der Waals surface area contributed by atoms with Gasteiger partial charge in [-0.25, -0.2) is 9.18 Å². The first-order valence-corrected chi connectivity index (χ1v) is 11.7. The predicted molar refractivity (Wildman–Crippen MR) is 129 cm³/mol. The van der Waals surface area contributed by atoms with Crippen molar-refractivity contribution >= 4 is 34.4 Å². The van der Waals surface area contributed by atoms with Crippen LogP contribution in [0.4, 0.5) is 4.39 Å². The maximum Gasteiger partial charge on any atom is 0.336 e. The number of nitrogens with zero attached hydrogens (tertiary/aromatic N) is 1. The molecular weight excluding hydrogens is 477 g/mol. The molecule has 1 aliphatic heterocycles. The fraction of sp³-hybridized carbons (Fsp3) is 0.346. The fourth-order valence-electron chi connectivity index (χ4n) is 4.48. The van der Waals surface area contributed by atoms with E-state index >= 15 is 0 Å². The molecule has 1 saturated heterocycles. The molecule has 1 aromatic heterocycles. The van der Waals surface area contributed by atoms with Crippen molar-refractivity contribution in [3.8, 4) is 16.9 Å². The normalized spacial score (nSPS) is 17.7. The lowest BCUT2D eigenvalue weighted by molar-refractivity contribution is -0.147. The Kier molecular flexibility index (Phi) is 7.12. The number of ether oxygens (including phenoxy) is 1. The molecule has 0 radical (unpaired) electrons. The van der Waals surface area contributed by atoms with Gasteiger partial charge in [0.05, 0.1) is 10.9 Å². The minimum atomic E-state index is -0.868. The molecule has 1 N–H and O–H groups in total. The number of carboxylic acid groups (broad SMARTS) is 1. The number of carboxylic acids is 1. The first-order chi connectivity index (χ1) is 16.6. The van der Waals surface area contributed by atoms with Gasteiger partial charge in [0, 0.05) is 41.7 Å². The van der Waals surface area contributed by atoms with Gasteiger partial charge in [0.25, 0.3) is 5.91 Å². The van der Waals surface area contributed by atoms with Crippen LogP contribution in [0.25, 0.3) is 22.1 Å². The summed E-state index contributed by atoms with van der Waals surface area (Å²) in [5, 5.41) is 10.0. The topological polar surface area (TPSA) is 97.0 Å². The molecule has 3 atom stereocenters. The molecule has 9 heteroatoms. The second-order valence-electron chi connectivity index (χ2n) is 8.83. The second-order valence-corrected chi connectivity index (χ2v) is 9.24. The summed E-state index contributed by atoms with van der Waals surface area (Å²) in [5.74, 6) is -1.90. The Bertz CT molecular complexity index is 1340. The molecule has 0 saturated carbocycles. The first-order valence-electron chi connectivity index (χ1n) is 11.4. The van der Waals surface area contributed by atoms with Crippen molar-refractivity contribution in [3.63, 3.8) is 0 Å². The van der Waals surface area contributed by atoms with Gasteiger partial charge in [-0.3, -0.25) is 9.59 Å². The van der Waals surface area contributed by atoms with Crippen molar-refractivity contribution in [3.05, 3.63) is 63.7 Å². The number of hydrogen-bond donors (Lipinski definition) is 1. The minimum Gasteiger partial charge on any atom is -0.481 e. The van der Waals surface area contributed by atoms with Crippen LogP contribution in [-0.2, 0) is 9.59 Å². The standard InChI is InChI=1S/C26H25ClFNO6/c1-14(26(32)33)16-4-3-9-29(13-16)25(31)15(2)34-18-6-8-20-21(12-24(30)35-23(20)11-18)19-7-5-17(28)10-22(19)27/h5-8,10-12,14-16H,3-4,9,13H2,1-2H3,(H,32,33)/t14?,15-,16+/m1/s1. The Hall–Kier alpha value is -3.39. The highest BCUT2D eigenvalue weighted by atomic mass is 35.5. The quantitative estimate of drug-likeness (QED) is 0.478. The van der Waals surface area contributed by atoms with Crippen LogP contribution in [0.3, 0.4) is 0 Å². The van der Waals surface area contributed by atoms with Gasteiger partial charge in [-0.2, -0.15) is 0 Å². The first kappa shape index (κ1) is 24.7. The number of piperidine rings is 1. The monoisotopic (exact) mass is 501 g/mol. The highest BCUT2D eigenvalue weighted by Gasteiger charge is 2.32. The third-order valence-corrected chi connectivity index (χ3v) is 6.78. The van der Waals surface area contributed by atoms with Gasteiger partial charge in [-0.05, 0) is 56.0 Å². The summed E-state index contributed by atoms with van der Waals surface area (Å²) in [6.45, 7) is 4.21. The molecule has 3 aromatic rings. The molecule has 35 heavy (non-hydrogen) atoms. The third-order valence-electron chi connectivity index (χ3n) is 6.46. The average Bonchev–Trinajstić information content (AvgIpc) is 2.82. The van der Waals surface area contributed by atoms with Crippen molar-refractivity contribution < 1.29 is 28.2 Å². The second kappa shape index (κ2) is 10.1. The largest absolute Gasteiger partial charge is 0.481 e. The van der Waals surface area contributed by atoms with Crippen LogP contribution < -0.4 is 10.4 Å². The molecule has 1 unspecified atom stereocenters. The molecular formula is C26H25ClFNO6. The Labute approximate surface area is 206 Å². The number of carbonyl (C=O) groups excluding carboxylic acids is 1. The van der Waals surface area contributed by atoms with Gasteiger partial charge in [0.1, 0.15) is 17.1 Å². The maximum atomic E-state index is 13.5. The van der Waals surface area contributed by atoms with E-state index in [4.69, 9.17) is 20.8 Å². The van der Waals surface area contributed by atoms with Gasteiger partial charge >= 0.3 is 11.6 Å². The van der Waals surface area contributed by atoms with E-state index in [0.29, 0.717) is 35.4 Å². The summed E-state index contributed by atoms with van der Waals surface area (Å²) in [4.78, 5) is 38.2. The SMILES string of the molecule is CC(C(=O)O)[C@H]1CCCN(C(=O)[C@@H](C)Oc2ccc3c(-c4ccc(F)cc4Cl)cc(=O)oc3c2)C1. The molecule has 184 valence electrons. The number of fused-ring (bicyclic) bond motifs is 1. The van der Waals surface area contributed by atoms with Crippen LogP contribution in [-0.4, -0.2) is 41.1 Å². The fourth-order valence-corrected chi connectivity index (χ4v) is 4.75. The molecule has 1 fully saturated rings. The lowest BCUT2D eigenvalue weighted by Crippen LogP contribution is -2.47. The summed E-state index contributed by atoms with van der Waals surface area (Å²) in [5.41, 5.74) is 0.599. The van der Waals surface area contributed by atoms with Crippen LogP contribution in [0.15, 0.2) is 51.7 Å². The third kappa shape index (κ3) is 5.32. The Morgan fingerprint density at radius 2 is 1.94 bits per heavy atom. The van der Waals surface area contributed by atoms with E-state index in [-0.39, 0.29) is 22.4 Å². The number of hydrogen-bond acceptors (Lipinski definition) is 5. The summed E-state index contributed by atoms with van der Waals surface area (Å²) in [7, 11) is 0. The van der Waals surface area contributed by atoms with E-state index in [1.165, 1.54) is 30.3 Å². The van der Waals surface area contributed by atoms with Gasteiger partial charge in [0.15, 0.2) is 6.10 Å². The Morgan fingerprint density at radius 1 is 1.17 bits per heavy atom. The zero-order valence-corrected chi connectivity index (χ0v) is 20.0. The highest BCUT2D eigenvalue weighted by molar-refractivity contribution is 6.33. The van der Waals surface area contributed by atoms with Crippen molar-refractivity contribution in [2.75, 3.05) is 13.1 Å². The van der Waals surface area contributed by atoms with Gasteiger partial charge in [0.2, 0.25) is 0 Å². The molecule has 4 rings (SSSR count). The van der Waals surface area contributed by atoms with Gasteiger partial charge < -0.3 is 19.2 Å². The molecule has 0 spiro atoms. The molecule has 1 amide bonds. The summed E-state index contributed by atoms with van der Waals surface area (Å²) in [6.07, 6.45) is 0.667. The van der Waals surface area contributed by atoms with Crippen LogP contribution in [0.2, 0.25) is 5.02 Å². The Morgan fingerprint density at radius 3 is 2.66 bits per heavy atom. The smallest absolute Gasteiger partial charge is 0.336 e. The number of benzene rings is 2. The molecule has 1 aliphatic rings. The van der Waals surface area contributed by atoms with Crippen LogP contribution >= 0.6 is 11.6 Å². The summed E-state index contributed by atoms with van der Waals surface area (Å²) in [6, 6.07) is 10.1. The number of rotatable bonds is 6. The van der Waals surface area contributed by atoms with E-state index in [1.54, 1.807) is 30.9 Å². The molecule has 0 bridgehead atoms. The summed E-state index contributed by atoms with van der Waals surface area (Å²) < 4.78 is 24.7. The van der Waals surface area contributed by atoms with E-state index in [1.807, 2.05) is 0 Å². The van der Waals surface area contributed by atoms with Crippen molar-refractivity contribution in [2.45, 2.75) is 32.8 Å². The van der Waals surface area contributed by atoms with Crippen LogP contribution in [0, 0.1) is 17.7 Å². The predicted octanol–water partition coefficient (Wildman–Crippen LogP) is 4.98. The maximum absolute atomic E-state index is 13.5. The van der Waals surface area contributed by atoms with E-state index in [0.717, 1.165) is 12.8 Å². The molecule has 0 aliphatic carbocycles. The number of amides is 1. The highest BCUT2D eigenvalue weighted by Crippen LogP contribution is 2.34. The number of halogens is 2. The van der Waals surface area contributed by atoms with E-state index in [9.17, 15) is 23.9 Å². The zero-order chi connectivity index (χ0) is 25.3. The van der Waals surface area contributed by atoms with Crippen LogP contribution in [0.1, 0.15) is 26.7 Å². The average molecular weight is 502 g/mol. The number of likely N-dealkylation sites (tertiary alicyclic amines) is 1. The van der Waals surface area contributed by atoms with Gasteiger partial charge in [-0.1, -0.05) is 18.5 Å².